The van der Waals surface area contributed by atoms with Crippen molar-refractivity contribution in [3.05, 3.63) is 47.2 Å². The largest absolute Gasteiger partial charge is 0.462 e. The molecular formula is C12H11ClN2O2. The van der Waals surface area contributed by atoms with Gasteiger partial charge >= 0.3 is 5.97 Å². The Balaban J connectivity index is 2.30. The van der Waals surface area contributed by atoms with E-state index in [1.165, 1.54) is 6.20 Å². The van der Waals surface area contributed by atoms with E-state index in [1.54, 1.807) is 23.9 Å². The highest BCUT2D eigenvalue weighted by molar-refractivity contribution is 6.32. The Hall–Kier alpha value is -1.81. The standard InChI is InChI=1S/C12H11ClN2O2/c1-2-17-12(16)9-7-14-15(8-9)11-6-4-3-5-10(11)13/h3-8H,2H2,1H3. The lowest BCUT2D eigenvalue weighted by Gasteiger charge is -2.02. The Bertz CT molecular complexity index is 537. The first-order valence-electron chi connectivity index (χ1n) is 5.19. The third-order valence-electron chi connectivity index (χ3n) is 2.19. The van der Waals surface area contributed by atoms with E-state index in [1.807, 2.05) is 18.2 Å². The minimum Gasteiger partial charge on any atom is -0.462 e. The molecule has 0 radical (unpaired) electrons. The summed E-state index contributed by atoms with van der Waals surface area (Å²) in [6, 6.07) is 7.28. The van der Waals surface area contributed by atoms with Crippen LogP contribution in [0.5, 0.6) is 0 Å². The van der Waals surface area contributed by atoms with Gasteiger partial charge in [-0.15, -0.1) is 0 Å². The highest BCUT2D eigenvalue weighted by Crippen LogP contribution is 2.19. The third kappa shape index (κ3) is 2.47. The fraction of sp³-hybridized carbons (Fsp3) is 0.167. The SMILES string of the molecule is CCOC(=O)c1cnn(-c2ccccc2Cl)c1. The molecule has 0 saturated heterocycles. The number of aromatic nitrogens is 2. The Morgan fingerprint density at radius 2 is 2.24 bits per heavy atom. The summed E-state index contributed by atoms with van der Waals surface area (Å²) in [5.41, 5.74) is 1.14. The van der Waals surface area contributed by atoms with Gasteiger partial charge in [0.05, 0.1) is 29.1 Å². The second-order valence-corrected chi connectivity index (χ2v) is 3.75. The van der Waals surface area contributed by atoms with Crippen molar-refractivity contribution in [2.75, 3.05) is 6.61 Å². The second kappa shape index (κ2) is 5.01. The van der Waals surface area contributed by atoms with Gasteiger partial charge in [-0.05, 0) is 19.1 Å². The van der Waals surface area contributed by atoms with Crippen LogP contribution >= 0.6 is 11.6 Å². The highest BCUT2D eigenvalue weighted by Gasteiger charge is 2.11. The van der Waals surface area contributed by atoms with Crippen LogP contribution in [-0.4, -0.2) is 22.4 Å². The average molecular weight is 251 g/mol. The summed E-state index contributed by atoms with van der Waals surface area (Å²) in [5.74, 6) is -0.384. The molecule has 2 rings (SSSR count). The van der Waals surface area contributed by atoms with E-state index in [0.29, 0.717) is 17.2 Å². The summed E-state index contributed by atoms with van der Waals surface area (Å²) in [6.45, 7) is 2.10. The molecule has 0 aliphatic rings. The Labute approximate surface area is 104 Å². The monoisotopic (exact) mass is 250 g/mol. The van der Waals surface area contributed by atoms with Crippen LogP contribution in [0.4, 0.5) is 0 Å². The molecule has 0 aliphatic carbocycles. The lowest BCUT2D eigenvalue weighted by molar-refractivity contribution is 0.0526. The number of ether oxygens (including phenoxy) is 1. The Kier molecular flexibility index (Phi) is 3.44. The van der Waals surface area contributed by atoms with Gasteiger partial charge in [-0.2, -0.15) is 5.10 Å². The normalized spacial score (nSPS) is 10.2. The van der Waals surface area contributed by atoms with Crippen LogP contribution in [0.25, 0.3) is 5.69 Å². The fourth-order valence-corrected chi connectivity index (χ4v) is 1.63. The molecule has 2 aromatic rings. The fourth-order valence-electron chi connectivity index (χ4n) is 1.41. The first-order valence-corrected chi connectivity index (χ1v) is 5.57. The summed E-state index contributed by atoms with van der Waals surface area (Å²) >= 11 is 6.03. The molecule has 1 aromatic heterocycles. The number of rotatable bonds is 3. The molecule has 4 nitrogen and oxygen atoms in total. The summed E-state index contributed by atoms with van der Waals surface area (Å²) < 4.78 is 6.43. The van der Waals surface area contributed by atoms with Crippen molar-refractivity contribution in [3.63, 3.8) is 0 Å². The molecule has 1 heterocycles. The van der Waals surface area contributed by atoms with Gasteiger partial charge in [-0.25, -0.2) is 9.48 Å². The Morgan fingerprint density at radius 3 is 2.94 bits per heavy atom. The maximum Gasteiger partial charge on any atom is 0.341 e. The van der Waals surface area contributed by atoms with E-state index in [2.05, 4.69) is 5.10 Å². The number of para-hydroxylation sites is 1. The number of carbonyl (C=O) groups excluding carboxylic acids is 1. The molecule has 17 heavy (non-hydrogen) atoms. The van der Waals surface area contributed by atoms with Gasteiger partial charge < -0.3 is 4.74 Å². The molecule has 0 unspecified atom stereocenters. The highest BCUT2D eigenvalue weighted by atomic mass is 35.5. The summed E-state index contributed by atoms with van der Waals surface area (Å²) in [6.07, 6.45) is 3.06. The molecule has 0 fully saturated rings. The van der Waals surface area contributed by atoms with Crippen molar-refractivity contribution in [2.24, 2.45) is 0 Å². The number of hydrogen-bond donors (Lipinski definition) is 0. The molecule has 0 amide bonds. The number of benzene rings is 1. The topological polar surface area (TPSA) is 44.1 Å². The van der Waals surface area contributed by atoms with Crippen molar-refractivity contribution in [2.45, 2.75) is 6.92 Å². The minimum atomic E-state index is -0.384. The molecule has 0 aliphatic heterocycles. The third-order valence-corrected chi connectivity index (χ3v) is 2.51. The van der Waals surface area contributed by atoms with Crippen molar-refractivity contribution >= 4 is 17.6 Å². The van der Waals surface area contributed by atoms with Crippen molar-refractivity contribution in [3.8, 4) is 5.69 Å². The lowest BCUT2D eigenvalue weighted by Crippen LogP contribution is -2.03. The maximum atomic E-state index is 11.5. The number of nitrogens with zero attached hydrogens (tertiary/aromatic N) is 2. The van der Waals surface area contributed by atoms with Crippen LogP contribution in [0.15, 0.2) is 36.7 Å². The van der Waals surface area contributed by atoms with Gasteiger partial charge in [0.2, 0.25) is 0 Å². The van der Waals surface area contributed by atoms with Gasteiger partial charge in [-0.1, -0.05) is 23.7 Å². The smallest absolute Gasteiger partial charge is 0.341 e. The zero-order chi connectivity index (χ0) is 12.3. The lowest BCUT2D eigenvalue weighted by atomic mass is 10.3. The summed E-state index contributed by atoms with van der Waals surface area (Å²) in [4.78, 5) is 11.5. The second-order valence-electron chi connectivity index (χ2n) is 3.35. The van der Waals surface area contributed by atoms with E-state index in [0.717, 1.165) is 5.69 Å². The quantitative estimate of drug-likeness (QED) is 0.787. The van der Waals surface area contributed by atoms with E-state index >= 15 is 0 Å². The zero-order valence-corrected chi connectivity index (χ0v) is 10.0. The molecule has 0 atom stereocenters. The van der Waals surface area contributed by atoms with Gasteiger partial charge in [0.25, 0.3) is 0 Å². The minimum absolute atomic E-state index is 0.343. The van der Waals surface area contributed by atoms with Crippen molar-refractivity contribution in [1.29, 1.82) is 0 Å². The average Bonchev–Trinajstić information content (AvgIpc) is 2.79. The summed E-state index contributed by atoms with van der Waals surface area (Å²) in [7, 11) is 0. The van der Waals surface area contributed by atoms with Crippen LogP contribution in [0, 0.1) is 0 Å². The van der Waals surface area contributed by atoms with E-state index in [4.69, 9.17) is 16.3 Å². The molecule has 88 valence electrons. The predicted molar refractivity (Wildman–Crippen MR) is 64.5 cm³/mol. The number of esters is 1. The number of carbonyl (C=O) groups is 1. The van der Waals surface area contributed by atoms with Crippen LogP contribution in [0.3, 0.4) is 0 Å². The Morgan fingerprint density at radius 1 is 1.47 bits per heavy atom. The molecule has 1 aromatic carbocycles. The van der Waals surface area contributed by atoms with Crippen LogP contribution < -0.4 is 0 Å². The van der Waals surface area contributed by atoms with Crippen molar-refractivity contribution in [1.82, 2.24) is 9.78 Å². The van der Waals surface area contributed by atoms with Crippen LogP contribution in [0.1, 0.15) is 17.3 Å². The van der Waals surface area contributed by atoms with E-state index in [-0.39, 0.29) is 5.97 Å². The summed E-state index contributed by atoms with van der Waals surface area (Å²) in [5, 5.41) is 4.66. The molecular weight excluding hydrogens is 240 g/mol. The number of hydrogen-bond acceptors (Lipinski definition) is 3. The van der Waals surface area contributed by atoms with E-state index < -0.39 is 0 Å². The van der Waals surface area contributed by atoms with E-state index in [9.17, 15) is 4.79 Å². The predicted octanol–water partition coefficient (Wildman–Crippen LogP) is 2.70. The van der Waals surface area contributed by atoms with Gasteiger partial charge in [0, 0.05) is 6.20 Å². The van der Waals surface area contributed by atoms with Gasteiger partial charge in [0.15, 0.2) is 0 Å². The number of halogens is 1. The first kappa shape index (κ1) is 11.7. The molecule has 0 saturated carbocycles. The molecule has 5 heteroatoms. The zero-order valence-electron chi connectivity index (χ0n) is 9.26. The maximum absolute atomic E-state index is 11.5. The van der Waals surface area contributed by atoms with Gasteiger partial charge in [0.1, 0.15) is 0 Å². The van der Waals surface area contributed by atoms with Crippen LogP contribution in [-0.2, 0) is 4.74 Å². The van der Waals surface area contributed by atoms with Crippen molar-refractivity contribution < 1.29 is 9.53 Å². The molecule has 0 bridgehead atoms. The van der Waals surface area contributed by atoms with Crippen LogP contribution in [0.2, 0.25) is 5.02 Å². The first-order chi connectivity index (χ1) is 8.22. The molecule has 0 spiro atoms. The molecule has 0 N–H and O–H groups in total. The van der Waals surface area contributed by atoms with Gasteiger partial charge in [-0.3, -0.25) is 0 Å².